The van der Waals surface area contributed by atoms with Gasteiger partial charge in [-0.1, -0.05) is 53.2 Å². The van der Waals surface area contributed by atoms with E-state index in [1.54, 1.807) is 19.1 Å². The third-order valence-electron chi connectivity index (χ3n) is 13.3. The number of carboxylic acid groups (broad SMARTS) is 1. The smallest absolute Gasteiger partial charge is 0.309 e. The third kappa shape index (κ3) is 2.95. The van der Waals surface area contributed by atoms with Crippen LogP contribution in [-0.2, 0) is 14.4 Å². The second-order valence-electron chi connectivity index (χ2n) is 14.9. The number of allylic oxidation sites excluding steroid dienone is 4. The fraction of sp³-hybridized carbons (Fsp3) is 0.750. The Morgan fingerprint density at radius 2 is 1.68 bits per heavy atom. The molecule has 206 valence electrons. The molecule has 0 aromatic carbocycles. The van der Waals surface area contributed by atoms with Gasteiger partial charge in [-0.05, 0) is 85.5 Å². The van der Waals surface area contributed by atoms with Crippen LogP contribution in [0.2, 0.25) is 0 Å². The SMILES string of the molecule is CC1[C@H]2[C@H]3C(=O)C=C4[C@@]5(C)C=C(C#N)C(=O)[C@](C)(CO)[C@@H]5CC[C@@]4(C)[C@]3(C)CC[C@@]2(C(=O)O)CCC1(C)C. The molecular formula is C32H43NO5. The number of nitrogens with zero attached hydrogens (tertiary/aromatic N) is 1. The number of carbonyl (C=O) groups is 3. The molecule has 3 saturated carbocycles. The van der Waals surface area contributed by atoms with E-state index in [1.165, 1.54) is 0 Å². The van der Waals surface area contributed by atoms with Crippen molar-refractivity contribution in [1.82, 2.24) is 0 Å². The quantitative estimate of drug-likeness (QED) is 0.495. The van der Waals surface area contributed by atoms with Crippen molar-refractivity contribution >= 4 is 17.5 Å². The Labute approximate surface area is 226 Å². The molecular weight excluding hydrogens is 478 g/mol. The number of aliphatic hydroxyl groups excluding tert-OH is 1. The first kappa shape index (κ1) is 27.3. The minimum absolute atomic E-state index is 0.00349. The van der Waals surface area contributed by atoms with Gasteiger partial charge in [-0.2, -0.15) is 5.26 Å². The maximum absolute atomic E-state index is 14.4. The summed E-state index contributed by atoms with van der Waals surface area (Å²) in [5, 5.41) is 30.9. The second-order valence-corrected chi connectivity index (χ2v) is 14.9. The lowest BCUT2D eigenvalue weighted by molar-refractivity contribution is -0.199. The molecule has 9 atom stereocenters. The molecule has 5 rings (SSSR count). The third-order valence-corrected chi connectivity index (χ3v) is 13.3. The number of Topliss-reactive ketones (excluding diaryl/α,β-unsaturated/α-hetero) is 1. The predicted octanol–water partition coefficient (Wildman–Crippen LogP) is 5.51. The molecule has 0 amide bonds. The Bertz CT molecular complexity index is 1240. The normalized spacial score (nSPS) is 49.3. The highest BCUT2D eigenvalue weighted by molar-refractivity contribution is 6.05. The fourth-order valence-corrected chi connectivity index (χ4v) is 10.3. The van der Waals surface area contributed by atoms with Gasteiger partial charge in [-0.25, -0.2) is 0 Å². The summed E-state index contributed by atoms with van der Waals surface area (Å²) in [5.74, 6) is -1.89. The molecule has 6 nitrogen and oxygen atoms in total. The van der Waals surface area contributed by atoms with Gasteiger partial charge in [0.1, 0.15) is 6.07 Å². The van der Waals surface area contributed by atoms with Crippen LogP contribution in [0.25, 0.3) is 0 Å². The summed E-state index contributed by atoms with van der Waals surface area (Å²) in [4.78, 5) is 40.6. The average molecular weight is 522 g/mol. The first-order chi connectivity index (χ1) is 17.5. The minimum Gasteiger partial charge on any atom is -0.481 e. The van der Waals surface area contributed by atoms with Crippen molar-refractivity contribution in [2.45, 2.75) is 87.0 Å². The number of carboxylic acids is 1. The molecule has 38 heavy (non-hydrogen) atoms. The number of ketones is 2. The number of carbonyl (C=O) groups excluding carboxylic acids is 2. The molecule has 0 aliphatic heterocycles. The molecule has 0 bridgehead atoms. The molecule has 0 radical (unpaired) electrons. The van der Waals surface area contributed by atoms with Crippen LogP contribution in [0, 0.1) is 67.5 Å². The summed E-state index contributed by atoms with van der Waals surface area (Å²) >= 11 is 0. The summed E-state index contributed by atoms with van der Waals surface area (Å²) in [7, 11) is 0. The maximum atomic E-state index is 14.4. The Hall–Kier alpha value is -2.26. The molecule has 0 aromatic heterocycles. The van der Waals surface area contributed by atoms with Crippen molar-refractivity contribution < 1.29 is 24.6 Å². The first-order valence-corrected chi connectivity index (χ1v) is 14.3. The number of rotatable bonds is 2. The zero-order valence-electron chi connectivity index (χ0n) is 24.0. The Kier molecular flexibility index (Phi) is 5.68. The largest absolute Gasteiger partial charge is 0.481 e. The highest BCUT2D eigenvalue weighted by Crippen LogP contribution is 2.75. The lowest BCUT2D eigenvalue weighted by Gasteiger charge is -2.69. The number of hydrogen-bond donors (Lipinski definition) is 2. The van der Waals surface area contributed by atoms with Crippen molar-refractivity contribution in [2.75, 3.05) is 6.61 Å². The summed E-state index contributed by atoms with van der Waals surface area (Å²) in [5.41, 5.74) is -2.62. The van der Waals surface area contributed by atoms with Crippen LogP contribution in [0.1, 0.15) is 87.0 Å². The summed E-state index contributed by atoms with van der Waals surface area (Å²) in [6.45, 7) is 14.5. The van der Waals surface area contributed by atoms with E-state index in [-0.39, 0.29) is 46.9 Å². The average Bonchev–Trinajstić information content (AvgIpc) is 2.85. The van der Waals surface area contributed by atoms with Gasteiger partial charge in [0.2, 0.25) is 0 Å². The summed E-state index contributed by atoms with van der Waals surface area (Å²) < 4.78 is 0. The van der Waals surface area contributed by atoms with Gasteiger partial charge in [0.15, 0.2) is 11.6 Å². The van der Waals surface area contributed by atoms with Crippen LogP contribution in [0.3, 0.4) is 0 Å². The van der Waals surface area contributed by atoms with Crippen molar-refractivity contribution in [3.05, 3.63) is 23.3 Å². The molecule has 0 spiro atoms. The lowest BCUT2D eigenvalue weighted by Crippen LogP contribution is -2.67. The van der Waals surface area contributed by atoms with E-state index in [1.807, 2.05) is 6.92 Å². The molecule has 5 aliphatic rings. The predicted molar refractivity (Wildman–Crippen MR) is 142 cm³/mol. The monoisotopic (exact) mass is 521 g/mol. The van der Waals surface area contributed by atoms with Crippen LogP contribution in [0.4, 0.5) is 0 Å². The minimum atomic E-state index is -1.09. The highest BCUT2D eigenvalue weighted by atomic mass is 16.4. The van der Waals surface area contributed by atoms with Crippen molar-refractivity contribution in [3.63, 3.8) is 0 Å². The Morgan fingerprint density at radius 1 is 1.05 bits per heavy atom. The summed E-state index contributed by atoms with van der Waals surface area (Å²) in [6.07, 6.45) is 7.64. The van der Waals surface area contributed by atoms with Crippen LogP contribution in [0.5, 0.6) is 0 Å². The van der Waals surface area contributed by atoms with Crippen molar-refractivity contribution in [3.8, 4) is 6.07 Å². The van der Waals surface area contributed by atoms with Gasteiger partial charge < -0.3 is 10.2 Å². The van der Waals surface area contributed by atoms with Gasteiger partial charge in [-0.15, -0.1) is 0 Å². The topological polar surface area (TPSA) is 115 Å². The zero-order valence-corrected chi connectivity index (χ0v) is 24.0. The van der Waals surface area contributed by atoms with E-state index in [9.17, 15) is 29.9 Å². The van der Waals surface area contributed by atoms with E-state index in [0.29, 0.717) is 25.7 Å². The number of hydrogen-bond acceptors (Lipinski definition) is 5. The molecule has 0 aromatic rings. The van der Waals surface area contributed by atoms with Gasteiger partial charge >= 0.3 is 5.97 Å². The van der Waals surface area contributed by atoms with Crippen molar-refractivity contribution in [2.24, 2.45) is 56.2 Å². The Balaban J connectivity index is 1.73. The van der Waals surface area contributed by atoms with E-state index in [2.05, 4.69) is 40.7 Å². The zero-order chi connectivity index (χ0) is 28.3. The van der Waals surface area contributed by atoms with Gasteiger partial charge in [-0.3, -0.25) is 14.4 Å². The number of fused-ring (bicyclic) bond motifs is 7. The maximum Gasteiger partial charge on any atom is 0.309 e. The van der Waals surface area contributed by atoms with Crippen molar-refractivity contribution in [1.29, 1.82) is 5.26 Å². The molecule has 6 heteroatoms. The molecule has 3 fully saturated rings. The number of aliphatic carboxylic acids is 1. The molecule has 2 N–H and O–H groups in total. The van der Waals surface area contributed by atoms with E-state index in [4.69, 9.17) is 0 Å². The first-order valence-electron chi connectivity index (χ1n) is 14.3. The molecule has 5 aliphatic carbocycles. The van der Waals surface area contributed by atoms with Crippen LogP contribution in [0.15, 0.2) is 23.3 Å². The molecule has 1 unspecified atom stereocenters. The highest BCUT2D eigenvalue weighted by Gasteiger charge is 2.72. The summed E-state index contributed by atoms with van der Waals surface area (Å²) in [6, 6.07) is 2.08. The van der Waals surface area contributed by atoms with E-state index >= 15 is 0 Å². The van der Waals surface area contributed by atoms with Crippen LogP contribution in [-0.4, -0.2) is 34.4 Å². The molecule has 0 saturated heterocycles. The lowest BCUT2D eigenvalue weighted by atomic mass is 9.33. The van der Waals surface area contributed by atoms with E-state index in [0.717, 1.165) is 18.4 Å². The fourth-order valence-electron chi connectivity index (χ4n) is 10.3. The number of aliphatic hydroxyl groups is 1. The van der Waals surface area contributed by atoms with Crippen LogP contribution < -0.4 is 0 Å². The molecule has 0 heterocycles. The Morgan fingerprint density at radius 3 is 2.26 bits per heavy atom. The van der Waals surface area contributed by atoms with Gasteiger partial charge in [0, 0.05) is 11.3 Å². The standard InChI is InChI=1S/C32H43NO5/c1-18-23-24-20(35)14-22-28(4)15-19(16-33)25(36)29(5,17-34)21(28)8-9-30(22,6)31(24,7)11-13-32(23,26(37)38)12-10-27(18,2)3/h14-15,18,21,23-24,34H,8-13,17H2,1-7H3,(H,37,38)/t18?,21-,23+,24-,28+,29-,30-,31-,32+/m1/s1. The number of nitriles is 1. The van der Waals surface area contributed by atoms with E-state index < -0.39 is 39.0 Å². The van der Waals surface area contributed by atoms with Crippen LogP contribution >= 0.6 is 0 Å². The van der Waals surface area contributed by atoms with Gasteiger partial charge in [0.25, 0.3) is 0 Å². The second kappa shape index (κ2) is 7.90. The van der Waals surface area contributed by atoms with Gasteiger partial charge in [0.05, 0.1) is 23.0 Å².